The molecule has 0 aromatic heterocycles. The van der Waals surface area contributed by atoms with E-state index in [2.05, 4.69) is 10.3 Å². The van der Waals surface area contributed by atoms with Crippen molar-refractivity contribution in [1.29, 1.82) is 0 Å². The fraction of sp³-hybridized carbons (Fsp3) is 0.235. The largest absolute Gasteiger partial charge is 0.370 e. The van der Waals surface area contributed by atoms with Crippen LogP contribution in [-0.4, -0.2) is 12.5 Å². The summed E-state index contributed by atoms with van der Waals surface area (Å²) in [5.74, 6) is 0.206. The van der Waals surface area contributed by atoms with Crippen molar-refractivity contribution in [1.82, 2.24) is 0 Å². The van der Waals surface area contributed by atoms with Crippen LogP contribution in [0.4, 0.5) is 10.1 Å². The molecule has 21 heavy (non-hydrogen) atoms. The lowest BCUT2D eigenvalue weighted by Gasteiger charge is -2.14. The first kappa shape index (κ1) is 13.6. The molecule has 108 valence electrons. The van der Waals surface area contributed by atoms with E-state index < -0.39 is 0 Å². The van der Waals surface area contributed by atoms with Gasteiger partial charge in [-0.3, -0.25) is 4.99 Å². The molecule has 1 fully saturated rings. The van der Waals surface area contributed by atoms with Crippen molar-refractivity contribution in [2.45, 2.75) is 18.3 Å². The molecule has 0 aliphatic heterocycles. The Morgan fingerprint density at radius 1 is 1.10 bits per heavy atom. The third-order valence-corrected chi connectivity index (χ3v) is 3.91. The lowest BCUT2D eigenvalue weighted by atomic mass is 9.96. The first-order chi connectivity index (χ1) is 10.2. The Bertz CT molecular complexity index is 631. The topological polar surface area (TPSA) is 50.4 Å². The van der Waals surface area contributed by atoms with E-state index in [0.717, 1.165) is 24.1 Å². The van der Waals surface area contributed by atoms with Crippen LogP contribution in [0.1, 0.15) is 18.4 Å². The summed E-state index contributed by atoms with van der Waals surface area (Å²) in [6.07, 6.45) is 2.14. The molecule has 0 spiro atoms. The zero-order valence-electron chi connectivity index (χ0n) is 11.7. The molecule has 2 aromatic rings. The van der Waals surface area contributed by atoms with Crippen LogP contribution in [0.25, 0.3) is 0 Å². The number of rotatable bonds is 4. The number of guanidine groups is 1. The van der Waals surface area contributed by atoms with Gasteiger partial charge in [0.1, 0.15) is 5.82 Å². The minimum absolute atomic E-state index is 0.0384. The van der Waals surface area contributed by atoms with Gasteiger partial charge in [-0.1, -0.05) is 30.3 Å². The van der Waals surface area contributed by atoms with Crippen LogP contribution >= 0.6 is 0 Å². The summed E-state index contributed by atoms with van der Waals surface area (Å²) >= 11 is 0. The van der Waals surface area contributed by atoms with Gasteiger partial charge in [-0.15, -0.1) is 0 Å². The Morgan fingerprint density at radius 3 is 2.38 bits per heavy atom. The molecule has 0 atom stereocenters. The number of hydrogen-bond donors (Lipinski definition) is 2. The number of halogens is 1. The molecule has 0 bridgehead atoms. The molecular weight excluding hydrogens is 265 g/mol. The van der Waals surface area contributed by atoms with Gasteiger partial charge in [0, 0.05) is 11.1 Å². The van der Waals surface area contributed by atoms with Gasteiger partial charge in [0.25, 0.3) is 0 Å². The highest BCUT2D eigenvalue weighted by molar-refractivity contribution is 5.92. The van der Waals surface area contributed by atoms with E-state index >= 15 is 0 Å². The van der Waals surface area contributed by atoms with Crippen LogP contribution in [0.3, 0.4) is 0 Å². The molecule has 3 rings (SSSR count). The zero-order valence-corrected chi connectivity index (χ0v) is 11.7. The Hall–Kier alpha value is -2.36. The number of para-hydroxylation sites is 1. The van der Waals surface area contributed by atoms with Gasteiger partial charge in [-0.2, -0.15) is 0 Å². The number of nitrogens with two attached hydrogens (primary N) is 1. The number of benzene rings is 2. The van der Waals surface area contributed by atoms with Gasteiger partial charge < -0.3 is 11.1 Å². The first-order valence-corrected chi connectivity index (χ1v) is 7.06. The smallest absolute Gasteiger partial charge is 0.193 e. The Balaban J connectivity index is 1.66. The quantitative estimate of drug-likeness (QED) is 0.668. The van der Waals surface area contributed by atoms with E-state index in [0.29, 0.717) is 12.5 Å². The van der Waals surface area contributed by atoms with Crippen molar-refractivity contribution in [3.05, 3.63) is 66.0 Å². The van der Waals surface area contributed by atoms with Crippen molar-refractivity contribution in [3.8, 4) is 0 Å². The highest BCUT2D eigenvalue weighted by atomic mass is 19.1. The van der Waals surface area contributed by atoms with E-state index in [1.54, 1.807) is 0 Å². The molecule has 0 saturated heterocycles. The molecule has 0 unspecified atom stereocenters. The van der Waals surface area contributed by atoms with Gasteiger partial charge in [0.15, 0.2) is 5.96 Å². The second-order valence-corrected chi connectivity index (χ2v) is 5.48. The predicted molar refractivity (Wildman–Crippen MR) is 83.9 cm³/mol. The summed E-state index contributed by atoms with van der Waals surface area (Å²) in [6.45, 7) is 0.629. The lowest BCUT2D eigenvalue weighted by Crippen LogP contribution is -2.24. The third kappa shape index (κ3) is 3.21. The molecule has 4 heteroatoms. The molecule has 0 heterocycles. The maximum atomic E-state index is 13.0. The number of nitrogens with one attached hydrogen (secondary N) is 1. The van der Waals surface area contributed by atoms with E-state index in [4.69, 9.17) is 5.73 Å². The Morgan fingerprint density at radius 2 is 1.76 bits per heavy atom. The minimum atomic E-state index is -0.205. The van der Waals surface area contributed by atoms with Gasteiger partial charge in [-0.05, 0) is 42.7 Å². The van der Waals surface area contributed by atoms with Crippen molar-refractivity contribution in [3.63, 3.8) is 0 Å². The van der Waals surface area contributed by atoms with Gasteiger partial charge >= 0.3 is 0 Å². The van der Waals surface area contributed by atoms with Gasteiger partial charge in [0.2, 0.25) is 0 Å². The van der Waals surface area contributed by atoms with E-state index in [9.17, 15) is 4.39 Å². The summed E-state index contributed by atoms with van der Waals surface area (Å²) in [6, 6.07) is 16.4. The molecule has 0 amide bonds. The molecule has 1 aliphatic rings. The fourth-order valence-electron chi connectivity index (χ4n) is 2.44. The van der Waals surface area contributed by atoms with E-state index in [1.165, 1.54) is 12.1 Å². The minimum Gasteiger partial charge on any atom is -0.370 e. The average Bonchev–Trinajstić information content (AvgIpc) is 3.28. The number of hydrogen-bond acceptors (Lipinski definition) is 1. The summed E-state index contributed by atoms with van der Waals surface area (Å²) in [7, 11) is 0. The highest BCUT2D eigenvalue weighted by Crippen LogP contribution is 2.48. The summed E-state index contributed by atoms with van der Waals surface area (Å²) in [5, 5.41) is 3.07. The van der Waals surface area contributed by atoms with Crippen molar-refractivity contribution < 1.29 is 4.39 Å². The van der Waals surface area contributed by atoms with E-state index in [1.807, 2.05) is 42.5 Å². The second kappa shape index (κ2) is 5.56. The third-order valence-electron chi connectivity index (χ3n) is 3.91. The number of nitrogens with zero attached hydrogens (tertiary/aromatic N) is 1. The lowest BCUT2D eigenvalue weighted by molar-refractivity contribution is 0.623. The standard InChI is InChI=1S/C17H18FN3/c18-14-8-6-13(7-9-14)17(10-11-17)12-20-16(19)21-15-4-2-1-3-5-15/h1-9H,10-12H2,(H3,19,20,21). The summed E-state index contributed by atoms with van der Waals surface area (Å²) in [5.41, 5.74) is 8.02. The SMILES string of the molecule is NC(=NCC1(c2ccc(F)cc2)CC1)Nc1ccccc1. The monoisotopic (exact) mass is 283 g/mol. The number of anilines is 1. The van der Waals surface area contributed by atoms with E-state index in [-0.39, 0.29) is 11.2 Å². The van der Waals surface area contributed by atoms with Crippen LogP contribution in [-0.2, 0) is 5.41 Å². The van der Waals surface area contributed by atoms with Crippen molar-refractivity contribution >= 4 is 11.6 Å². The first-order valence-electron chi connectivity index (χ1n) is 7.06. The second-order valence-electron chi connectivity index (χ2n) is 5.48. The molecule has 1 aliphatic carbocycles. The summed E-state index contributed by atoms with van der Waals surface area (Å²) in [4.78, 5) is 4.44. The molecular formula is C17H18FN3. The van der Waals surface area contributed by atoms with Crippen molar-refractivity contribution in [2.24, 2.45) is 10.7 Å². The highest BCUT2D eigenvalue weighted by Gasteiger charge is 2.44. The Kier molecular flexibility index (Phi) is 3.60. The Labute approximate surface area is 123 Å². The normalized spacial score (nSPS) is 16.5. The predicted octanol–water partition coefficient (Wildman–Crippen LogP) is 3.28. The van der Waals surface area contributed by atoms with Crippen LogP contribution in [0, 0.1) is 5.82 Å². The van der Waals surface area contributed by atoms with Crippen LogP contribution in [0.15, 0.2) is 59.6 Å². The van der Waals surface area contributed by atoms with Crippen LogP contribution < -0.4 is 11.1 Å². The maximum absolute atomic E-state index is 13.0. The molecule has 1 saturated carbocycles. The maximum Gasteiger partial charge on any atom is 0.193 e. The van der Waals surface area contributed by atoms with Crippen LogP contribution in [0.5, 0.6) is 0 Å². The molecule has 0 radical (unpaired) electrons. The molecule has 2 aromatic carbocycles. The molecule has 3 N–H and O–H groups in total. The zero-order chi connectivity index (χ0) is 14.7. The van der Waals surface area contributed by atoms with Crippen molar-refractivity contribution in [2.75, 3.05) is 11.9 Å². The fourth-order valence-corrected chi connectivity index (χ4v) is 2.44. The van der Waals surface area contributed by atoms with Crippen LogP contribution in [0.2, 0.25) is 0 Å². The van der Waals surface area contributed by atoms with Gasteiger partial charge in [0.05, 0.1) is 6.54 Å². The summed E-state index contributed by atoms with van der Waals surface area (Å²) < 4.78 is 13.0. The number of aliphatic imine (C=N–C) groups is 1. The van der Waals surface area contributed by atoms with Gasteiger partial charge in [-0.25, -0.2) is 4.39 Å². The molecule has 3 nitrogen and oxygen atoms in total. The average molecular weight is 283 g/mol.